The Kier molecular flexibility index (Phi) is 5.13. The van der Waals surface area contributed by atoms with Gasteiger partial charge in [0.25, 0.3) is 11.6 Å². The summed E-state index contributed by atoms with van der Waals surface area (Å²) in [7, 11) is 0. The van der Waals surface area contributed by atoms with Crippen LogP contribution in [0.4, 0.5) is 13.2 Å². The Bertz CT molecular complexity index is 701. The first-order valence-corrected chi connectivity index (χ1v) is 7.85. The predicted molar refractivity (Wildman–Crippen MR) is 86.3 cm³/mol. The number of hydrogen-bond donors (Lipinski definition) is 1. The first-order chi connectivity index (χ1) is 11.5. The Morgan fingerprint density at radius 3 is 2.60 bits per heavy atom. The number of aliphatic hydroxyl groups is 1. The van der Waals surface area contributed by atoms with E-state index in [1.807, 2.05) is 32.9 Å². The molecule has 0 radical (unpaired) electrons. The Morgan fingerprint density at radius 1 is 1.40 bits per heavy atom. The van der Waals surface area contributed by atoms with Gasteiger partial charge in [-0.3, -0.25) is 4.79 Å². The molecule has 0 saturated heterocycles. The van der Waals surface area contributed by atoms with Gasteiger partial charge in [0.1, 0.15) is 5.75 Å². The molecule has 1 N–H and O–H groups in total. The van der Waals surface area contributed by atoms with Crippen LogP contribution in [0.3, 0.4) is 0 Å². The van der Waals surface area contributed by atoms with Gasteiger partial charge in [-0.05, 0) is 37.0 Å². The summed E-state index contributed by atoms with van der Waals surface area (Å²) in [6.45, 7) is 6.39. The molecule has 0 aromatic heterocycles. The van der Waals surface area contributed by atoms with E-state index < -0.39 is 30.8 Å². The highest BCUT2D eigenvalue weighted by Gasteiger charge is 2.62. The number of nitrogens with zero attached hydrogens (tertiary/aromatic N) is 2. The van der Waals surface area contributed by atoms with Gasteiger partial charge in [-0.1, -0.05) is 26.0 Å². The summed E-state index contributed by atoms with van der Waals surface area (Å²) >= 11 is 0. The van der Waals surface area contributed by atoms with Gasteiger partial charge in [0.2, 0.25) is 0 Å². The summed E-state index contributed by atoms with van der Waals surface area (Å²) in [6.07, 6.45) is -5.79. The van der Waals surface area contributed by atoms with E-state index in [9.17, 15) is 23.1 Å². The molecule has 1 aromatic rings. The standard InChI is InChI=1S/C17H21F3N2O3/c1-10(2)13-6-5-11(3)7-14(13)25-9-15(23)22-16(24,17(18,19)20)8-12(4)21-22/h5-7,10,24H,8-9H2,1-4H3/t16-/m1/s1. The maximum atomic E-state index is 13.2. The molecule has 0 fully saturated rings. The average Bonchev–Trinajstić information content (AvgIpc) is 2.80. The van der Waals surface area contributed by atoms with Crippen LogP contribution in [-0.2, 0) is 4.79 Å². The SMILES string of the molecule is CC1=NN(C(=O)COc2cc(C)ccc2C(C)C)[C@](O)(C(F)(F)F)C1. The molecule has 8 heteroatoms. The van der Waals surface area contributed by atoms with Crippen molar-refractivity contribution >= 4 is 11.6 Å². The number of halogens is 3. The second-order valence-electron chi connectivity index (χ2n) is 6.52. The minimum Gasteiger partial charge on any atom is -0.483 e. The lowest BCUT2D eigenvalue weighted by Crippen LogP contribution is -2.57. The van der Waals surface area contributed by atoms with Gasteiger partial charge in [0.05, 0.1) is 0 Å². The van der Waals surface area contributed by atoms with E-state index in [0.717, 1.165) is 11.1 Å². The van der Waals surface area contributed by atoms with Crippen LogP contribution >= 0.6 is 0 Å². The summed E-state index contributed by atoms with van der Waals surface area (Å²) in [6, 6.07) is 5.46. The lowest BCUT2D eigenvalue weighted by atomic mass is 10.0. The number of amides is 1. The van der Waals surface area contributed by atoms with Gasteiger partial charge >= 0.3 is 6.18 Å². The second-order valence-corrected chi connectivity index (χ2v) is 6.52. The number of ether oxygens (including phenoxy) is 1. The maximum Gasteiger partial charge on any atom is 0.438 e. The number of hydrazone groups is 1. The monoisotopic (exact) mass is 358 g/mol. The average molecular weight is 358 g/mol. The van der Waals surface area contributed by atoms with Gasteiger partial charge in [-0.2, -0.15) is 23.3 Å². The first kappa shape index (κ1) is 19.2. The molecule has 1 aromatic carbocycles. The molecule has 0 aliphatic carbocycles. The number of rotatable bonds is 4. The van der Waals surface area contributed by atoms with Crippen molar-refractivity contribution in [3.63, 3.8) is 0 Å². The van der Waals surface area contributed by atoms with Crippen molar-refractivity contribution in [3.8, 4) is 5.75 Å². The van der Waals surface area contributed by atoms with Crippen LogP contribution in [-0.4, -0.2) is 40.2 Å². The van der Waals surface area contributed by atoms with E-state index in [0.29, 0.717) is 5.75 Å². The Labute approximate surface area is 144 Å². The number of benzene rings is 1. The molecule has 1 heterocycles. The van der Waals surface area contributed by atoms with E-state index in [1.165, 1.54) is 6.92 Å². The fourth-order valence-corrected chi connectivity index (χ4v) is 2.65. The first-order valence-electron chi connectivity index (χ1n) is 7.85. The summed E-state index contributed by atoms with van der Waals surface area (Å²) < 4.78 is 44.9. The number of carbonyl (C=O) groups is 1. The third-order valence-corrected chi connectivity index (χ3v) is 3.96. The summed E-state index contributed by atoms with van der Waals surface area (Å²) in [5.41, 5.74) is -1.57. The van der Waals surface area contributed by atoms with Crippen LogP contribution in [0.25, 0.3) is 0 Å². The van der Waals surface area contributed by atoms with E-state index in [-0.39, 0.29) is 16.6 Å². The van der Waals surface area contributed by atoms with Crippen molar-refractivity contribution in [2.75, 3.05) is 6.61 Å². The molecule has 25 heavy (non-hydrogen) atoms. The molecule has 1 atom stereocenters. The van der Waals surface area contributed by atoms with Crippen molar-refractivity contribution in [2.24, 2.45) is 5.10 Å². The highest BCUT2D eigenvalue weighted by molar-refractivity contribution is 5.89. The van der Waals surface area contributed by atoms with Gasteiger partial charge in [0.15, 0.2) is 6.61 Å². The number of aryl methyl sites for hydroxylation is 1. The maximum absolute atomic E-state index is 13.2. The zero-order chi connectivity index (χ0) is 19.0. The molecule has 138 valence electrons. The fraction of sp³-hybridized carbons (Fsp3) is 0.529. The molecule has 0 unspecified atom stereocenters. The van der Waals surface area contributed by atoms with Gasteiger partial charge in [-0.25, -0.2) is 0 Å². The molecule has 0 spiro atoms. The number of carbonyl (C=O) groups excluding carboxylic acids is 1. The van der Waals surface area contributed by atoms with Gasteiger partial charge in [0, 0.05) is 12.1 Å². The summed E-state index contributed by atoms with van der Waals surface area (Å²) in [5.74, 6) is -0.517. The van der Waals surface area contributed by atoms with E-state index in [2.05, 4.69) is 5.10 Å². The fourth-order valence-electron chi connectivity index (χ4n) is 2.65. The lowest BCUT2D eigenvalue weighted by molar-refractivity contribution is -0.302. The van der Waals surface area contributed by atoms with Crippen LogP contribution in [0.15, 0.2) is 23.3 Å². The molecule has 1 aliphatic rings. The van der Waals surface area contributed by atoms with Crippen LogP contribution in [0, 0.1) is 6.92 Å². The van der Waals surface area contributed by atoms with Gasteiger partial charge in [-0.15, -0.1) is 0 Å². The van der Waals surface area contributed by atoms with E-state index in [4.69, 9.17) is 4.74 Å². The largest absolute Gasteiger partial charge is 0.483 e. The van der Waals surface area contributed by atoms with Gasteiger partial charge < -0.3 is 9.84 Å². The van der Waals surface area contributed by atoms with E-state index >= 15 is 0 Å². The molecule has 2 rings (SSSR count). The van der Waals surface area contributed by atoms with Crippen molar-refractivity contribution in [1.82, 2.24) is 5.01 Å². The molecular weight excluding hydrogens is 337 g/mol. The van der Waals surface area contributed by atoms with E-state index in [1.54, 1.807) is 6.07 Å². The highest BCUT2D eigenvalue weighted by Crippen LogP contribution is 2.40. The normalized spacial score (nSPS) is 20.8. The molecule has 1 aliphatic heterocycles. The van der Waals surface area contributed by atoms with Crippen LogP contribution in [0.2, 0.25) is 0 Å². The Morgan fingerprint density at radius 2 is 2.04 bits per heavy atom. The van der Waals surface area contributed by atoms with Crippen molar-refractivity contribution < 1.29 is 27.8 Å². The summed E-state index contributed by atoms with van der Waals surface area (Å²) in [4.78, 5) is 12.2. The van der Waals surface area contributed by atoms with Crippen molar-refractivity contribution in [3.05, 3.63) is 29.3 Å². The molecule has 0 saturated carbocycles. The van der Waals surface area contributed by atoms with Crippen LogP contribution < -0.4 is 4.74 Å². The van der Waals surface area contributed by atoms with Crippen molar-refractivity contribution in [2.45, 2.75) is 51.9 Å². The minimum atomic E-state index is -5.02. The third-order valence-electron chi connectivity index (χ3n) is 3.96. The number of hydrogen-bond acceptors (Lipinski definition) is 4. The molecule has 5 nitrogen and oxygen atoms in total. The Balaban J connectivity index is 2.19. The lowest BCUT2D eigenvalue weighted by Gasteiger charge is -2.32. The zero-order valence-electron chi connectivity index (χ0n) is 14.5. The smallest absolute Gasteiger partial charge is 0.438 e. The Hall–Kier alpha value is -2.09. The predicted octanol–water partition coefficient (Wildman–Crippen LogP) is 3.36. The second kappa shape index (κ2) is 6.67. The highest BCUT2D eigenvalue weighted by atomic mass is 19.4. The zero-order valence-corrected chi connectivity index (χ0v) is 14.5. The van der Waals surface area contributed by atoms with Crippen LogP contribution in [0.5, 0.6) is 5.75 Å². The molecule has 1 amide bonds. The summed E-state index contributed by atoms with van der Waals surface area (Å²) in [5, 5.41) is 13.5. The third kappa shape index (κ3) is 3.78. The molecular formula is C17H21F3N2O3. The molecule has 0 bridgehead atoms. The minimum absolute atomic E-state index is 0.0200. The quantitative estimate of drug-likeness (QED) is 0.898. The number of alkyl halides is 3. The topological polar surface area (TPSA) is 62.1 Å². The van der Waals surface area contributed by atoms with Crippen LogP contribution in [0.1, 0.15) is 44.2 Å². The van der Waals surface area contributed by atoms with Crippen molar-refractivity contribution in [1.29, 1.82) is 0 Å².